The SMILES string of the molecule is CCCCCCCC.[Li+]. The monoisotopic (exact) mass is 121 g/mol. The third-order valence-corrected chi connectivity index (χ3v) is 1.46. The molecule has 50 valence electrons. The minimum atomic E-state index is 0. The number of hydrogen-bond donors (Lipinski definition) is 0. The summed E-state index contributed by atoms with van der Waals surface area (Å²) in [6, 6.07) is 0. The third-order valence-electron chi connectivity index (χ3n) is 1.46. The number of rotatable bonds is 5. The minimum absolute atomic E-state index is 0. The van der Waals surface area contributed by atoms with Crippen molar-refractivity contribution in [2.75, 3.05) is 0 Å². The molecule has 0 saturated carbocycles. The Morgan fingerprint density at radius 2 is 1.00 bits per heavy atom. The zero-order chi connectivity index (χ0) is 6.24. The summed E-state index contributed by atoms with van der Waals surface area (Å²) >= 11 is 0. The van der Waals surface area contributed by atoms with Gasteiger partial charge in [0.15, 0.2) is 0 Å². The summed E-state index contributed by atoms with van der Waals surface area (Å²) in [5, 5.41) is 0. The van der Waals surface area contributed by atoms with Crippen LogP contribution in [-0.4, -0.2) is 0 Å². The van der Waals surface area contributed by atoms with Crippen LogP contribution in [0.3, 0.4) is 0 Å². The van der Waals surface area contributed by atoms with Crippen LogP contribution in [0.5, 0.6) is 0 Å². The summed E-state index contributed by atoms with van der Waals surface area (Å²) in [6.45, 7) is 4.51. The summed E-state index contributed by atoms with van der Waals surface area (Å²) in [7, 11) is 0. The van der Waals surface area contributed by atoms with Crippen LogP contribution in [0.4, 0.5) is 0 Å². The van der Waals surface area contributed by atoms with Crippen molar-refractivity contribution in [2.45, 2.75) is 52.4 Å². The van der Waals surface area contributed by atoms with Crippen LogP contribution in [-0.2, 0) is 0 Å². The Labute approximate surface area is 71.6 Å². The Hall–Kier alpha value is 0.597. The second kappa shape index (κ2) is 11.4. The van der Waals surface area contributed by atoms with Crippen molar-refractivity contribution in [1.29, 1.82) is 0 Å². The standard InChI is InChI=1S/C8H18.Li/c1-3-5-7-8-6-4-2;/h3-8H2,1-2H3;/q;+1. The van der Waals surface area contributed by atoms with Crippen molar-refractivity contribution in [1.82, 2.24) is 0 Å². The Bertz CT molecular complexity index is 29.5. The fourth-order valence-corrected chi connectivity index (χ4v) is 0.854. The van der Waals surface area contributed by atoms with Gasteiger partial charge in [-0.1, -0.05) is 52.4 Å². The van der Waals surface area contributed by atoms with Crippen LogP contribution >= 0.6 is 0 Å². The van der Waals surface area contributed by atoms with Crippen LogP contribution in [0.15, 0.2) is 0 Å². The van der Waals surface area contributed by atoms with Gasteiger partial charge in [-0.25, -0.2) is 0 Å². The van der Waals surface area contributed by atoms with E-state index < -0.39 is 0 Å². The maximum atomic E-state index is 2.26. The fraction of sp³-hybridized carbons (Fsp3) is 1.00. The molecule has 0 spiro atoms. The summed E-state index contributed by atoms with van der Waals surface area (Å²) in [5.74, 6) is 0. The molecule has 9 heavy (non-hydrogen) atoms. The Morgan fingerprint density at radius 1 is 0.667 bits per heavy atom. The zero-order valence-electron chi connectivity index (χ0n) is 7.24. The average molecular weight is 121 g/mol. The first kappa shape index (κ1) is 12.3. The Balaban J connectivity index is 0. The molecule has 0 atom stereocenters. The van der Waals surface area contributed by atoms with Gasteiger partial charge in [0.25, 0.3) is 0 Å². The summed E-state index contributed by atoms with van der Waals surface area (Å²) in [5.41, 5.74) is 0. The van der Waals surface area contributed by atoms with Gasteiger partial charge in [0.05, 0.1) is 0 Å². The molecule has 0 aromatic heterocycles. The quantitative estimate of drug-likeness (QED) is 0.364. The zero-order valence-corrected chi connectivity index (χ0v) is 7.24. The summed E-state index contributed by atoms with van der Waals surface area (Å²) < 4.78 is 0. The predicted octanol–water partition coefficient (Wildman–Crippen LogP) is 0.371. The first-order valence-corrected chi connectivity index (χ1v) is 3.91. The molecule has 0 aromatic rings. The van der Waals surface area contributed by atoms with Gasteiger partial charge in [-0.15, -0.1) is 0 Å². The van der Waals surface area contributed by atoms with Gasteiger partial charge in [0, 0.05) is 0 Å². The van der Waals surface area contributed by atoms with E-state index in [2.05, 4.69) is 13.8 Å². The van der Waals surface area contributed by atoms with Crippen LogP contribution in [0.25, 0.3) is 0 Å². The maximum Gasteiger partial charge on any atom is 1.00 e. The van der Waals surface area contributed by atoms with Crippen LogP contribution in [0.1, 0.15) is 52.4 Å². The van der Waals surface area contributed by atoms with E-state index in [9.17, 15) is 0 Å². The molecule has 0 nitrogen and oxygen atoms in total. The molecule has 0 heterocycles. The van der Waals surface area contributed by atoms with Crippen molar-refractivity contribution in [2.24, 2.45) is 0 Å². The molecule has 0 unspecified atom stereocenters. The van der Waals surface area contributed by atoms with Gasteiger partial charge in [-0.3, -0.25) is 0 Å². The van der Waals surface area contributed by atoms with E-state index in [1.165, 1.54) is 38.5 Å². The van der Waals surface area contributed by atoms with Gasteiger partial charge in [-0.2, -0.15) is 0 Å². The number of hydrogen-bond acceptors (Lipinski definition) is 0. The first-order valence-electron chi connectivity index (χ1n) is 3.91. The topological polar surface area (TPSA) is 0 Å². The van der Waals surface area contributed by atoms with Crippen molar-refractivity contribution in [3.63, 3.8) is 0 Å². The molecule has 0 fully saturated rings. The van der Waals surface area contributed by atoms with Crippen molar-refractivity contribution >= 4 is 0 Å². The van der Waals surface area contributed by atoms with Gasteiger partial charge >= 0.3 is 18.9 Å². The fourth-order valence-electron chi connectivity index (χ4n) is 0.854. The molecule has 0 radical (unpaired) electrons. The van der Waals surface area contributed by atoms with E-state index in [0.29, 0.717) is 0 Å². The predicted molar refractivity (Wildman–Crippen MR) is 39.0 cm³/mol. The second-order valence-corrected chi connectivity index (χ2v) is 2.41. The van der Waals surface area contributed by atoms with E-state index in [1.807, 2.05) is 0 Å². The largest absolute Gasteiger partial charge is 1.00 e. The number of unbranched alkanes of at least 4 members (excludes halogenated alkanes) is 5. The molecule has 1 heteroatoms. The molecule has 0 aliphatic carbocycles. The van der Waals surface area contributed by atoms with Crippen LogP contribution < -0.4 is 18.9 Å². The third kappa shape index (κ3) is 11.9. The van der Waals surface area contributed by atoms with E-state index in [-0.39, 0.29) is 18.9 Å². The molecule has 0 amide bonds. The smallest absolute Gasteiger partial charge is 0.0654 e. The van der Waals surface area contributed by atoms with Gasteiger partial charge in [-0.05, 0) is 0 Å². The molecule has 0 N–H and O–H groups in total. The molecule has 0 aliphatic heterocycles. The second-order valence-electron chi connectivity index (χ2n) is 2.41. The van der Waals surface area contributed by atoms with E-state index in [4.69, 9.17) is 0 Å². The van der Waals surface area contributed by atoms with Crippen LogP contribution in [0, 0.1) is 0 Å². The first-order chi connectivity index (χ1) is 3.91. The average Bonchev–Trinajstić information content (AvgIpc) is 1.81. The van der Waals surface area contributed by atoms with Gasteiger partial charge in [0.1, 0.15) is 0 Å². The van der Waals surface area contributed by atoms with Crippen molar-refractivity contribution in [3.8, 4) is 0 Å². The Kier molecular flexibility index (Phi) is 15.6. The summed E-state index contributed by atoms with van der Waals surface area (Å²) in [4.78, 5) is 0. The minimum Gasteiger partial charge on any atom is -0.0654 e. The van der Waals surface area contributed by atoms with Crippen molar-refractivity contribution in [3.05, 3.63) is 0 Å². The Morgan fingerprint density at radius 3 is 1.22 bits per heavy atom. The van der Waals surface area contributed by atoms with Gasteiger partial charge in [0.2, 0.25) is 0 Å². The van der Waals surface area contributed by atoms with Gasteiger partial charge < -0.3 is 0 Å². The molecule has 0 bridgehead atoms. The molecule has 0 aromatic carbocycles. The normalized spacial score (nSPS) is 8.67. The summed E-state index contributed by atoms with van der Waals surface area (Å²) in [6.07, 6.45) is 8.49. The van der Waals surface area contributed by atoms with E-state index in [1.54, 1.807) is 0 Å². The molecular weight excluding hydrogens is 103 g/mol. The van der Waals surface area contributed by atoms with Crippen LogP contribution in [0.2, 0.25) is 0 Å². The maximum absolute atomic E-state index is 2.26. The molecule has 0 rings (SSSR count). The van der Waals surface area contributed by atoms with E-state index >= 15 is 0 Å². The van der Waals surface area contributed by atoms with E-state index in [0.717, 1.165) is 0 Å². The van der Waals surface area contributed by atoms with Crippen molar-refractivity contribution < 1.29 is 18.9 Å². The molecular formula is C8H18Li+. The molecule has 0 saturated heterocycles. The molecule has 0 aliphatic rings.